The molecule has 0 radical (unpaired) electrons. The van der Waals surface area contributed by atoms with E-state index in [1.165, 1.54) is 11.3 Å². The van der Waals surface area contributed by atoms with Crippen LogP contribution in [0.5, 0.6) is 11.5 Å². The molecular formula is C24H24N4O5S2. The van der Waals surface area contributed by atoms with E-state index in [1.54, 1.807) is 30.1 Å². The van der Waals surface area contributed by atoms with E-state index >= 15 is 0 Å². The second-order valence-corrected chi connectivity index (χ2v) is 10.4. The van der Waals surface area contributed by atoms with Crippen molar-refractivity contribution in [1.29, 1.82) is 0 Å². The van der Waals surface area contributed by atoms with Gasteiger partial charge in [-0.25, -0.2) is 14.5 Å². The van der Waals surface area contributed by atoms with E-state index in [1.807, 2.05) is 36.7 Å². The summed E-state index contributed by atoms with van der Waals surface area (Å²) in [4.78, 5) is 10.3. The van der Waals surface area contributed by atoms with Crippen molar-refractivity contribution in [3.05, 3.63) is 45.5 Å². The highest BCUT2D eigenvalue weighted by atomic mass is 32.1. The molecule has 0 spiro atoms. The molecule has 9 nitrogen and oxygen atoms in total. The Labute approximate surface area is 209 Å². The van der Waals surface area contributed by atoms with Gasteiger partial charge in [-0.2, -0.15) is 5.10 Å². The smallest absolute Gasteiger partial charge is 0.212 e. The zero-order chi connectivity index (χ0) is 24.0. The summed E-state index contributed by atoms with van der Waals surface area (Å²) < 4.78 is 31.0. The van der Waals surface area contributed by atoms with Crippen molar-refractivity contribution < 1.29 is 23.4 Å². The van der Waals surface area contributed by atoms with Crippen LogP contribution in [0.1, 0.15) is 28.6 Å². The van der Waals surface area contributed by atoms with Crippen LogP contribution in [-0.2, 0) is 21.7 Å². The van der Waals surface area contributed by atoms with Gasteiger partial charge in [-0.15, -0.1) is 11.3 Å². The van der Waals surface area contributed by atoms with Crippen LogP contribution in [0.4, 0.5) is 0 Å². The molecule has 6 rings (SSSR count). The predicted octanol–water partition coefficient (Wildman–Crippen LogP) is 5.21. The third-order valence-electron chi connectivity index (χ3n) is 6.21. The number of hydrogen-bond acceptors (Lipinski definition) is 10. The molecule has 0 amide bonds. The molecule has 0 atom stereocenters. The van der Waals surface area contributed by atoms with Crippen molar-refractivity contribution in [2.24, 2.45) is 0 Å². The van der Waals surface area contributed by atoms with Gasteiger partial charge in [0.05, 0.1) is 24.4 Å². The second kappa shape index (κ2) is 8.90. The Kier molecular flexibility index (Phi) is 5.72. The van der Waals surface area contributed by atoms with E-state index < -0.39 is 0 Å². The van der Waals surface area contributed by atoms with Gasteiger partial charge in [0.1, 0.15) is 45.0 Å². The molecule has 0 unspecified atom stereocenters. The van der Waals surface area contributed by atoms with Gasteiger partial charge in [0.25, 0.3) is 0 Å². The van der Waals surface area contributed by atoms with Crippen molar-refractivity contribution in [2.75, 3.05) is 27.4 Å². The van der Waals surface area contributed by atoms with Crippen LogP contribution in [0.25, 0.3) is 27.4 Å². The SMILES string of the molecule is COc1cc(OCc2csc(C3(OC)CCOCC3)n2)c2cc(-c3cn4nc(C)sc4n3)oc2c1. The first kappa shape index (κ1) is 22.5. The number of imidazole rings is 1. The van der Waals surface area contributed by atoms with Gasteiger partial charge >= 0.3 is 0 Å². The van der Waals surface area contributed by atoms with Gasteiger partial charge in [0, 0.05) is 50.7 Å². The predicted molar refractivity (Wildman–Crippen MR) is 133 cm³/mol. The largest absolute Gasteiger partial charge is 0.496 e. The highest BCUT2D eigenvalue weighted by molar-refractivity contribution is 7.16. The summed E-state index contributed by atoms with van der Waals surface area (Å²) in [6.07, 6.45) is 3.46. The van der Waals surface area contributed by atoms with Crippen LogP contribution in [-0.4, -0.2) is 47.0 Å². The molecule has 11 heteroatoms. The van der Waals surface area contributed by atoms with E-state index in [2.05, 4.69) is 10.1 Å². The fourth-order valence-electron chi connectivity index (χ4n) is 4.31. The Morgan fingerprint density at radius 1 is 1.14 bits per heavy atom. The van der Waals surface area contributed by atoms with E-state index in [0.717, 1.165) is 44.6 Å². The lowest BCUT2D eigenvalue weighted by Gasteiger charge is -2.33. The van der Waals surface area contributed by atoms with Gasteiger partial charge < -0.3 is 23.4 Å². The van der Waals surface area contributed by atoms with Crippen LogP contribution in [0.3, 0.4) is 0 Å². The monoisotopic (exact) mass is 512 g/mol. The lowest BCUT2D eigenvalue weighted by atomic mass is 9.95. The standard InChI is InChI=1S/C24H24N4O5S2/c1-14-27-28-11-18(26-23(28)35-14)21-10-17-19(8-16(29-2)9-20(17)33-21)32-12-15-13-34-22(25-15)24(30-3)4-6-31-7-5-24/h8-11,13H,4-7,12H2,1-3H3. The quantitative estimate of drug-likeness (QED) is 0.293. The number of benzene rings is 1. The average Bonchev–Trinajstić information content (AvgIpc) is 3.65. The normalized spacial score (nSPS) is 15.7. The summed E-state index contributed by atoms with van der Waals surface area (Å²) in [5.74, 6) is 1.95. The van der Waals surface area contributed by atoms with Crippen molar-refractivity contribution in [3.63, 3.8) is 0 Å². The molecule has 0 aliphatic carbocycles. The maximum absolute atomic E-state index is 6.23. The Morgan fingerprint density at radius 2 is 2.00 bits per heavy atom. The number of fused-ring (bicyclic) bond motifs is 2. The van der Waals surface area contributed by atoms with Crippen molar-refractivity contribution >= 4 is 38.6 Å². The van der Waals surface area contributed by atoms with Crippen molar-refractivity contribution in [3.8, 4) is 23.0 Å². The molecule has 35 heavy (non-hydrogen) atoms. The van der Waals surface area contributed by atoms with Gasteiger partial charge in [-0.1, -0.05) is 11.3 Å². The lowest BCUT2D eigenvalue weighted by Crippen LogP contribution is -2.35. The number of furan rings is 1. The summed E-state index contributed by atoms with van der Waals surface area (Å²) in [5.41, 5.74) is 1.85. The van der Waals surface area contributed by atoms with Gasteiger partial charge in [0.2, 0.25) is 4.96 Å². The van der Waals surface area contributed by atoms with Gasteiger partial charge in [0.15, 0.2) is 5.76 Å². The number of nitrogens with zero attached hydrogens (tertiary/aromatic N) is 4. The molecule has 1 fully saturated rings. The molecule has 0 saturated carbocycles. The number of methoxy groups -OCH3 is 2. The summed E-state index contributed by atoms with van der Waals surface area (Å²) >= 11 is 3.14. The third kappa shape index (κ3) is 4.08. The molecule has 4 aromatic heterocycles. The first-order valence-corrected chi connectivity index (χ1v) is 12.9. The number of thiazole rings is 1. The molecule has 0 bridgehead atoms. The summed E-state index contributed by atoms with van der Waals surface area (Å²) in [5, 5.41) is 9.22. The molecule has 1 aliphatic rings. The Hall–Kier alpha value is -2.99. The minimum absolute atomic E-state index is 0.318. The Balaban J connectivity index is 1.28. The van der Waals surface area contributed by atoms with E-state index in [4.69, 9.17) is 28.3 Å². The first-order valence-electron chi connectivity index (χ1n) is 11.2. The zero-order valence-electron chi connectivity index (χ0n) is 19.6. The van der Waals surface area contributed by atoms with Gasteiger partial charge in [-0.05, 0) is 13.0 Å². The number of aryl methyl sites for hydroxylation is 1. The van der Waals surface area contributed by atoms with E-state index in [0.29, 0.717) is 42.7 Å². The number of rotatable bonds is 7. The first-order chi connectivity index (χ1) is 17.1. The minimum Gasteiger partial charge on any atom is -0.496 e. The molecule has 1 aromatic carbocycles. The fraction of sp³-hybridized carbons (Fsp3) is 0.375. The highest BCUT2D eigenvalue weighted by Gasteiger charge is 2.37. The third-order valence-corrected chi connectivity index (χ3v) is 8.13. The van der Waals surface area contributed by atoms with Crippen LogP contribution in [0, 0.1) is 6.92 Å². The van der Waals surface area contributed by atoms with Crippen molar-refractivity contribution in [1.82, 2.24) is 19.6 Å². The van der Waals surface area contributed by atoms with Gasteiger partial charge in [-0.3, -0.25) is 0 Å². The lowest BCUT2D eigenvalue weighted by molar-refractivity contribution is -0.0949. The summed E-state index contributed by atoms with van der Waals surface area (Å²) in [6, 6.07) is 5.65. The van der Waals surface area contributed by atoms with E-state index in [-0.39, 0.29) is 5.60 Å². The highest BCUT2D eigenvalue weighted by Crippen LogP contribution is 2.39. The van der Waals surface area contributed by atoms with Crippen LogP contribution >= 0.6 is 22.7 Å². The number of ether oxygens (including phenoxy) is 4. The molecule has 5 heterocycles. The average molecular weight is 513 g/mol. The van der Waals surface area contributed by atoms with Crippen molar-refractivity contribution in [2.45, 2.75) is 32.0 Å². The zero-order valence-corrected chi connectivity index (χ0v) is 21.2. The molecular weight excluding hydrogens is 488 g/mol. The second-order valence-electron chi connectivity index (χ2n) is 8.37. The molecule has 182 valence electrons. The maximum atomic E-state index is 6.23. The topological polar surface area (TPSA) is 93.1 Å². The maximum Gasteiger partial charge on any atom is 0.212 e. The number of hydrogen-bond donors (Lipinski definition) is 0. The molecule has 1 aliphatic heterocycles. The van der Waals surface area contributed by atoms with Crippen LogP contribution < -0.4 is 9.47 Å². The number of aromatic nitrogens is 4. The Bertz CT molecular complexity index is 1460. The minimum atomic E-state index is -0.379. The molecule has 5 aromatic rings. The Morgan fingerprint density at radius 3 is 2.77 bits per heavy atom. The molecule has 0 N–H and O–H groups in total. The van der Waals surface area contributed by atoms with Crippen LogP contribution in [0.15, 0.2) is 34.2 Å². The summed E-state index contributed by atoms with van der Waals surface area (Å²) in [7, 11) is 3.37. The van der Waals surface area contributed by atoms with Crippen LogP contribution in [0.2, 0.25) is 0 Å². The summed E-state index contributed by atoms with van der Waals surface area (Å²) in [6.45, 7) is 3.63. The van der Waals surface area contributed by atoms with E-state index in [9.17, 15) is 0 Å². The molecule has 1 saturated heterocycles. The fourth-order valence-corrected chi connectivity index (χ4v) is 6.07.